The van der Waals surface area contributed by atoms with Crippen LogP contribution >= 0.6 is 0 Å². The van der Waals surface area contributed by atoms with E-state index in [9.17, 15) is 15.0 Å². The minimum Gasteiger partial charge on any atom is -0.508 e. The number of hydrogen-bond acceptors (Lipinski definition) is 3. The molecule has 2 aliphatic rings. The van der Waals surface area contributed by atoms with Crippen LogP contribution in [0.4, 0.5) is 0 Å². The van der Waals surface area contributed by atoms with Crippen LogP contribution in [0.5, 0.6) is 11.5 Å². The summed E-state index contributed by atoms with van der Waals surface area (Å²) in [6, 6.07) is 4.62. The molecule has 0 aromatic heterocycles. The van der Waals surface area contributed by atoms with Gasteiger partial charge in [0.2, 0.25) is 0 Å². The second-order valence-corrected chi connectivity index (χ2v) is 8.53. The number of benzene rings is 1. The molecule has 0 heterocycles. The predicted molar refractivity (Wildman–Crippen MR) is 95.0 cm³/mol. The van der Waals surface area contributed by atoms with Crippen molar-refractivity contribution in [1.29, 1.82) is 0 Å². The summed E-state index contributed by atoms with van der Waals surface area (Å²) in [7, 11) is 0. The largest absolute Gasteiger partial charge is 0.508 e. The molecule has 24 heavy (non-hydrogen) atoms. The number of Topliss-reactive ketones (excluding diaryl/α,β-unsaturated/α-hetero) is 1. The lowest BCUT2D eigenvalue weighted by molar-refractivity contribution is -0.121. The van der Waals surface area contributed by atoms with Gasteiger partial charge in [-0.05, 0) is 66.7 Å². The van der Waals surface area contributed by atoms with E-state index in [0.29, 0.717) is 24.3 Å². The van der Waals surface area contributed by atoms with Crippen LogP contribution in [0.2, 0.25) is 0 Å². The Morgan fingerprint density at radius 2 is 1.88 bits per heavy atom. The van der Waals surface area contributed by atoms with Gasteiger partial charge in [0.1, 0.15) is 11.5 Å². The van der Waals surface area contributed by atoms with Crippen LogP contribution in [0.3, 0.4) is 0 Å². The van der Waals surface area contributed by atoms with Gasteiger partial charge < -0.3 is 10.2 Å². The van der Waals surface area contributed by atoms with Gasteiger partial charge in [-0.1, -0.05) is 32.8 Å². The third-order valence-electron chi connectivity index (χ3n) is 6.61. The molecule has 3 rings (SSSR count). The van der Waals surface area contributed by atoms with Crippen molar-refractivity contribution in [1.82, 2.24) is 0 Å². The Labute approximate surface area is 144 Å². The Morgan fingerprint density at radius 1 is 1.17 bits per heavy atom. The first kappa shape index (κ1) is 17.1. The standard InChI is InChI=1S/C21H28O3/c1-13-16(11-14-10-15(22)6-7-17(14)23)21(4)9-5-8-20(2,3)19(21)12-18(13)24/h6-7,10,19,22-23H,5,8-9,11-12H2,1-4H3/t19-,21+/m1/s1. The molecule has 0 amide bonds. The Bertz CT molecular complexity index is 714. The van der Waals surface area contributed by atoms with Crippen LogP contribution in [-0.4, -0.2) is 16.0 Å². The average molecular weight is 328 g/mol. The van der Waals surface area contributed by atoms with E-state index in [-0.39, 0.29) is 28.1 Å². The Kier molecular flexibility index (Phi) is 4.01. The summed E-state index contributed by atoms with van der Waals surface area (Å²) in [6.07, 6.45) is 4.56. The molecule has 1 fully saturated rings. The van der Waals surface area contributed by atoms with Gasteiger partial charge in [-0.25, -0.2) is 0 Å². The van der Waals surface area contributed by atoms with Gasteiger partial charge in [0.15, 0.2) is 5.78 Å². The molecule has 2 aliphatic carbocycles. The third kappa shape index (κ3) is 2.64. The maximum Gasteiger partial charge on any atom is 0.158 e. The SMILES string of the molecule is CC1=C(Cc2cc(O)ccc2O)[C@]2(C)CCCC(C)(C)[C@H]2CC1=O. The van der Waals surface area contributed by atoms with Gasteiger partial charge in [-0.15, -0.1) is 0 Å². The first-order chi connectivity index (χ1) is 11.1. The van der Waals surface area contributed by atoms with Crippen molar-refractivity contribution in [2.75, 3.05) is 0 Å². The van der Waals surface area contributed by atoms with Crippen molar-refractivity contribution >= 4 is 5.78 Å². The monoisotopic (exact) mass is 328 g/mol. The number of carbonyl (C=O) groups is 1. The molecule has 1 aromatic carbocycles. The lowest BCUT2D eigenvalue weighted by Crippen LogP contribution is -2.47. The summed E-state index contributed by atoms with van der Waals surface area (Å²) in [5, 5.41) is 20.0. The minimum absolute atomic E-state index is 0.0162. The number of fused-ring (bicyclic) bond motifs is 1. The number of hydrogen-bond donors (Lipinski definition) is 2. The van der Waals surface area contributed by atoms with Gasteiger partial charge in [-0.3, -0.25) is 4.79 Å². The number of allylic oxidation sites excluding steroid dienone is 2. The van der Waals surface area contributed by atoms with Crippen LogP contribution < -0.4 is 0 Å². The van der Waals surface area contributed by atoms with Gasteiger partial charge in [0.25, 0.3) is 0 Å². The zero-order valence-corrected chi connectivity index (χ0v) is 15.1. The van der Waals surface area contributed by atoms with Crippen molar-refractivity contribution in [2.24, 2.45) is 16.7 Å². The first-order valence-corrected chi connectivity index (χ1v) is 8.89. The molecule has 130 valence electrons. The molecule has 0 unspecified atom stereocenters. The Hall–Kier alpha value is -1.77. The quantitative estimate of drug-likeness (QED) is 0.769. The molecular formula is C21H28O3. The highest BCUT2D eigenvalue weighted by molar-refractivity contribution is 5.97. The predicted octanol–water partition coefficient (Wildman–Crippen LogP) is 4.76. The number of phenolic OH excluding ortho intramolecular Hbond substituents is 2. The van der Waals surface area contributed by atoms with Crippen molar-refractivity contribution in [3.63, 3.8) is 0 Å². The fraction of sp³-hybridized carbons (Fsp3) is 0.571. The number of phenols is 2. The molecule has 0 saturated heterocycles. The van der Waals surface area contributed by atoms with E-state index < -0.39 is 0 Å². The van der Waals surface area contributed by atoms with E-state index >= 15 is 0 Å². The molecule has 2 N–H and O–H groups in total. The highest BCUT2D eigenvalue weighted by Crippen LogP contribution is 2.59. The maximum absolute atomic E-state index is 12.7. The van der Waals surface area contributed by atoms with Crippen molar-refractivity contribution in [3.05, 3.63) is 34.9 Å². The van der Waals surface area contributed by atoms with Crippen molar-refractivity contribution in [2.45, 2.75) is 59.8 Å². The van der Waals surface area contributed by atoms with Crippen LogP contribution in [-0.2, 0) is 11.2 Å². The second kappa shape index (κ2) is 5.65. The molecule has 1 aromatic rings. The number of rotatable bonds is 2. The lowest BCUT2D eigenvalue weighted by Gasteiger charge is -2.54. The topological polar surface area (TPSA) is 57.5 Å². The van der Waals surface area contributed by atoms with Crippen molar-refractivity contribution in [3.8, 4) is 11.5 Å². The lowest BCUT2D eigenvalue weighted by atomic mass is 9.49. The summed E-state index contributed by atoms with van der Waals surface area (Å²) in [5.41, 5.74) is 2.83. The van der Waals surface area contributed by atoms with Crippen LogP contribution in [0, 0.1) is 16.7 Å². The molecule has 0 radical (unpaired) electrons. The summed E-state index contributed by atoms with van der Waals surface area (Å²) in [5.74, 6) is 0.904. The van der Waals surface area contributed by atoms with E-state index in [4.69, 9.17) is 0 Å². The Morgan fingerprint density at radius 3 is 2.58 bits per heavy atom. The summed E-state index contributed by atoms with van der Waals surface area (Å²) < 4.78 is 0. The average Bonchev–Trinajstić information content (AvgIpc) is 2.49. The summed E-state index contributed by atoms with van der Waals surface area (Å²) in [4.78, 5) is 12.7. The van der Waals surface area contributed by atoms with E-state index in [1.54, 1.807) is 6.07 Å². The van der Waals surface area contributed by atoms with E-state index in [2.05, 4.69) is 20.8 Å². The molecular weight excluding hydrogens is 300 g/mol. The maximum atomic E-state index is 12.7. The second-order valence-electron chi connectivity index (χ2n) is 8.53. The van der Waals surface area contributed by atoms with Crippen LogP contribution in [0.1, 0.15) is 58.9 Å². The van der Waals surface area contributed by atoms with Crippen molar-refractivity contribution < 1.29 is 15.0 Å². The van der Waals surface area contributed by atoms with Gasteiger partial charge in [-0.2, -0.15) is 0 Å². The summed E-state index contributed by atoms with van der Waals surface area (Å²) in [6.45, 7) is 8.79. The van der Waals surface area contributed by atoms with Gasteiger partial charge in [0, 0.05) is 12.0 Å². The molecule has 1 saturated carbocycles. The third-order valence-corrected chi connectivity index (χ3v) is 6.61. The smallest absolute Gasteiger partial charge is 0.158 e. The first-order valence-electron chi connectivity index (χ1n) is 8.89. The van der Waals surface area contributed by atoms with Crippen LogP contribution in [0.25, 0.3) is 0 Å². The zero-order valence-electron chi connectivity index (χ0n) is 15.1. The highest BCUT2D eigenvalue weighted by atomic mass is 16.3. The fourth-order valence-electron chi connectivity index (χ4n) is 5.16. The highest BCUT2D eigenvalue weighted by Gasteiger charge is 2.51. The molecule has 0 aliphatic heterocycles. The Balaban J connectivity index is 2.08. The molecule has 0 spiro atoms. The summed E-state index contributed by atoms with van der Waals surface area (Å²) >= 11 is 0. The van der Waals surface area contributed by atoms with Gasteiger partial charge >= 0.3 is 0 Å². The number of ketones is 1. The fourth-order valence-corrected chi connectivity index (χ4v) is 5.16. The molecule has 2 atom stereocenters. The van der Waals surface area contributed by atoms with E-state index in [0.717, 1.165) is 30.4 Å². The number of aromatic hydroxyl groups is 2. The number of carbonyl (C=O) groups excluding carboxylic acids is 1. The van der Waals surface area contributed by atoms with Gasteiger partial charge in [0.05, 0.1) is 0 Å². The molecule has 0 bridgehead atoms. The zero-order chi connectivity index (χ0) is 17.7. The van der Waals surface area contributed by atoms with Crippen LogP contribution in [0.15, 0.2) is 29.3 Å². The van der Waals surface area contributed by atoms with E-state index in [1.165, 1.54) is 12.1 Å². The molecule has 3 nitrogen and oxygen atoms in total. The van der Waals surface area contributed by atoms with E-state index in [1.807, 2.05) is 6.92 Å². The molecule has 3 heteroatoms. The minimum atomic E-state index is -0.0162. The normalized spacial score (nSPS) is 29.5.